The zero-order valence-electron chi connectivity index (χ0n) is 12.3. The van der Waals surface area contributed by atoms with Gasteiger partial charge in [0.05, 0.1) is 5.88 Å². The van der Waals surface area contributed by atoms with Crippen LogP contribution in [0.1, 0.15) is 41.5 Å². The molecule has 0 saturated carbocycles. The van der Waals surface area contributed by atoms with E-state index in [1.165, 1.54) is 0 Å². The van der Waals surface area contributed by atoms with Crippen LogP contribution in [0.3, 0.4) is 0 Å². The lowest BCUT2D eigenvalue weighted by atomic mass is 10.4. The summed E-state index contributed by atoms with van der Waals surface area (Å²) in [4.78, 5) is 0. The van der Waals surface area contributed by atoms with Gasteiger partial charge in [-0.05, 0) is 28.5 Å². The number of alkyl halides is 1. The third-order valence-corrected chi connectivity index (χ3v) is 10.2. The van der Waals surface area contributed by atoms with Gasteiger partial charge in [0.1, 0.15) is 14.2 Å². The predicted molar refractivity (Wildman–Crippen MR) is 83.3 cm³/mol. The quantitative estimate of drug-likeness (QED) is 0.473. The maximum absolute atomic E-state index is 9.25. The van der Waals surface area contributed by atoms with Gasteiger partial charge in [-0.1, -0.05) is 47.5 Å². The standard InChI is InChI=1S/C15H25ClOSi/c1-12(2)18(13(3)4,14(5)6)10-8-7-9-15(17)11-16/h12-15,17H,11H2,1-6H3/t15-/m0/s1. The van der Waals surface area contributed by atoms with Gasteiger partial charge in [-0.2, -0.15) is 0 Å². The summed E-state index contributed by atoms with van der Waals surface area (Å²) in [5, 5.41) is 9.25. The molecule has 1 atom stereocenters. The van der Waals surface area contributed by atoms with Crippen LogP contribution in [0.2, 0.25) is 16.6 Å². The lowest BCUT2D eigenvalue weighted by Gasteiger charge is -2.37. The second-order valence-electron chi connectivity index (χ2n) is 5.59. The van der Waals surface area contributed by atoms with Crippen molar-refractivity contribution >= 4 is 19.7 Å². The summed E-state index contributed by atoms with van der Waals surface area (Å²) < 4.78 is 0. The van der Waals surface area contributed by atoms with Crippen LogP contribution in [0.25, 0.3) is 0 Å². The van der Waals surface area contributed by atoms with Crippen molar-refractivity contribution in [1.29, 1.82) is 0 Å². The van der Waals surface area contributed by atoms with E-state index < -0.39 is 14.2 Å². The largest absolute Gasteiger partial charge is 0.379 e. The number of aliphatic hydroxyl groups excluding tert-OH is 1. The van der Waals surface area contributed by atoms with Crippen molar-refractivity contribution in [3.05, 3.63) is 0 Å². The van der Waals surface area contributed by atoms with Crippen LogP contribution >= 0.6 is 11.6 Å². The highest BCUT2D eigenvalue weighted by atomic mass is 35.5. The summed E-state index contributed by atoms with van der Waals surface area (Å²) in [6.45, 7) is 13.6. The van der Waals surface area contributed by atoms with Crippen LogP contribution < -0.4 is 0 Å². The second kappa shape index (κ2) is 7.90. The van der Waals surface area contributed by atoms with Crippen molar-refractivity contribution in [2.75, 3.05) is 5.88 Å². The first kappa shape index (κ1) is 17.6. The molecule has 0 spiro atoms. The molecule has 102 valence electrons. The fraction of sp³-hybridized carbons (Fsp3) is 0.733. The van der Waals surface area contributed by atoms with Gasteiger partial charge in [-0.25, -0.2) is 0 Å². The Kier molecular flexibility index (Phi) is 7.72. The monoisotopic (exact) mass is 284 g/mol. The van der Waals surface area contributed by atoms with E-state index in [0.717, 1.165) is 0 Å². The molecule has 0 amide bonds. The first-order chi connectivity index (χ1) is 8.28. The molecule has 0 radical (unpaired) electrons. The summed E-state index contributed by atoms with van der Waals surface area (Å²) in [6.07, 6.45) is -0.769. The van der Waals surface area contributed by atoms with Gasteiger partial charge in [-0.15, -0.1) is 17.1 Å². The Balaban J connectivity index is 5.24. The van der Waals surface area contributed by atoms with Gasteiger partial charge >= 0.3 is 0 Å². The molecule has 0 unspecified atom stereocenters. The third-order valence-electron chi connectivity index (χ3n) is 3.59. The third kappa shape index (κ3) is 4.36. The average Bonchev–Trinajstić information content (AvgIpc) is 2.27. The lowest BCUT2D eigenvalue weighted by molar-refractivity contribution is 0.256. The molecule has 0 bridgehead atoms. The molecule has 0 heterocycles. The number of hydrogen-bond donors (Lipinski definition) is 1. The van der Waals surface area contributed by atoms with Crippen LogP contribution in [-0.4, -0.2) is 25.2 Å². The van der Waals surface area contributed by atoms with Crippen LogP contribution in [0.5, 0.6) is 0 Å². The summed E-state index contributed by atoms with van der Waals surface area (Å²) in [7, 11) is -1.69. The van der Waals surface area contributed by atoms with Crippen LogP contribution in [0.4, 0.5) is 0 Å². The summed E-state index contributed by atoms with van der Waals surface area (Å²) in [6, 6.07) is 0. The van der Waals surface area contributed by atoms with E-state index in [2.05, 4.69) is 64.8 Å². The topological polar surface area (TPSA) is 20.2 Å². The number of hydrogen-bond acceptors (Lipinski definition) is 1. The minimum Gasteiger partial charge on any atom is -0.379 e. The highest BCUT2D eigenvalue weighted by Crippen LogP contribution is 2.40. The summed E-state index contributed by atoms with van der Waals surface area (Å²) in [5.74, 6) is 8.49. The molecule has 0 fully saturated rings. The van der Waals surface area contributed by atoms with Gasteiger partial charge in [-0.3, -0.25) is 0 Å². The fourth-order valence-corrected chi connectivity index (χ4v) is 7.95. The lowest BCUT2D eigenvalue weighted by Crippen LogP contribution is -2.43. The highest BCUT2D eigenvalue weighted by molar-refractivity contribution is 6.90. The number of rotatable bonds is 4. The maximum Gasteiger partial charge on any atom is 0.147 e. The number of aliphatic hydroxyl groups is 1. The van der Waals surface area contributed by atoms with E-state index in [4.69, 9.17) is 11.6 Å². The molecule has 3 heteroatoms. The van der Waals surface area contributed by atoms with Crippen molar-refractivity contribution in [2.45, 2.75) is 64.3 Å². The maximum atomic E-state index is 9.25. The van der Waals surface area contributed by atoms with Crippen molar-refractivity contribution in [3.63, 3.8) is 0 Å². The second-order valence-corrected chi connectivity index (χ2v) is 11.5. The molecule has 0 aromatic carbocycles. The summed E-state index contributed by atoms with van der Waals surface area (Å²) in [5.41, 5.74) is 5.28. The van der Waals surface area contributed by atoms with E-state index in [1.54, 1.807) is 0 Å². The van der Waals surface area contributed by atoms with Gasteiger partial charge in [0.2, 0.25) is 0 Å². The number of halogens is 1. The molecule has 1 N–H and O–H groups in total. The highest BCUT2D eigenvalue weighted by Gasteiger charge is 2.41. The van der Waals surface area contributed by atoms with Gasteiger partial charge in [0.25, 0.3) is 0 Å². The van der Waals surface area contributed by atoms with Gasteiger partial charge in [0, 0.05) is 0 Å². The van der Waals surface area contributed by atoms with Crippen molar-refractivity contribution in [3.8, 4) is 23.3 Å². The van der Waals surface area contributed by atoms with E-state index in [1.807, 2.05) is 0 Å². The van der Waals surface area contributed by atoms with Crippen LogP contribution in [-0.2, 0) is 0 Å². The Labute approximate surface area is 118 Å². The Morgan fingerprint density at radius 1 is 0.944 bits per heavy atom. The molecule has 18 heavy (non-hydrogen) atoms. The van der Waals surface area contributed by atoms with Gasteiger partial charge < -0.3 is 5.11 Å². The molecule has 0 aromatic rings. The molecule has 1 nitrogen and oxygen atoms in total. The minimum atomic E-state index is -1.69. The van der Waals surface area contributed by atoms with Crippen LogP contribution in [0, 0.1) is 23.3 Å². The first-order valence-electron chi connectivity index (χ1n) is 6.55. The molecular weight excluding hydrogens is 260 g/mol. The van der Waals surface area contributed by atoms with E-state index in [0.29, 0.717) is 16.6 Å². The molecule has 0 aliphatic rings. The van der Waals surface area contributed by atoms with Gasteiger partial charge in [0.15, 0.2) is 0 Å². The average molecular weight is 285 g/mol. The molecule has 0 saturated heterocycles. The van der Waals surface area contributed by atoms with E-state index in [9.17, 15) is 5.11 Å². The van der Waals surface area contributed by atoms with Crippen molar-refractivity contribution < 1.29 is 5.11 Å². The molecule has 0 aliphatic carbocycles. The zero-order valence-corrected chi connectivity index (χ0v) is 14.1. The normalized spacial score (nSPS) is 13.1. The van der Waals surface area contributed by atoms with Crippen molar-refractivity contribution in [1.82, 2.24) is 0 Å². The Morgan fingerprint density at radius 2 is 1.39 bits per heavy atom. The zero-order chi connectivity index (χ0) is 14.3. The SMILES string of the molecule is CC(C)[Si](C#CC#C[C@H](O)CCl)(C(C)C)C(C)C. The van der Waals surface area contributed by atoms with E-state index >= 15 is 0 Å². The van der Waals surface area contributed by atoms with Crippen LogP contribution in [0.15, 0.2) is 0 Å². The van der Waals surface area contributed by atoms with E-state index in [-0.39, 0.29) is 5.88 Å². The molecular formula is C15H25ClOSi. The molecule has 0 aliphatic heterocycles. The Hall–Kier alpha value is -0.413. The smallest absolute Gasteiger partial charge is 0.147 e. The summed E-state index contributed by atoms with van der Waals surface area (Å²) >= 11 is 5.48. The molecule has 0 aromatic heterocycles. The Bertz CT molecular complexity index is 344. The Morgan fingerprint density at radius 3 is 1.72 bits per heavy atom. The van der Waals surface area contributed by atoms with Crippen molar-refractivity contribution in [2.24, 2.45) is 0 Å². The first-order valence-corrected chi connectivity index (χ1v) is 9.32. The molecule has 0 rings (SSSR count). The minimum absolute atomic E-state index is 0.135. The predicted octanol–water partition coefficient (Wildman–Crippen LogP) is 3.81. The fourth-order valence-electron chi connectivity index (χ4n) is 2.73.